The second kappa shape index (κ2) is 7.26. The highest BCUT2D eigenvalue weighted by Gasteiger charge is 2.15. The van der Waals surface area contributed by atoms with Crippen molar-refractivity contribution in [3.8, 4) is 0 Å². The molecule has 0 aliphatic heterocycles. The first-order valence-corrected chi connectivity index (χ1v) is 4.80. The third kappa shape index (κ3) is 5.55. The average molecular weight is 244 g/mol. The lowest BCUT2D eigenvalue weighted by Gasteiger charge is -2.05. The van der Waals surface area contributed by atoms with Crippen LogP contribution in [0.15, 0.2) is 17.0 Å². The van der Waals surface area contributed by atoms with E-state index in [9.17, 15) is 9.59 Å². The van der Waals surface area contributed by atoms with E-state index in [2.05, 4.69) is 14.6 Å². The van der Waals surface area contributed by atoms with Gasteiger partial charge < -0.3 is 20.0 Å². The number of oxime groups is 1. The number of nitrogens with zero attached hydrogens (tertiary/aromatic N) is 1. The van der Waals surface area contributed by atoms with Crippen LogP contribution in [0, 0.1) is 5.92 Å². The SMILES string of the molecule is COC(=O)/C=C(/O/N=C(\N)C(C)C)C(=O)OC. The van der Waals surface area contributed by atoms with Gasteiger partial charge in [-0.2, -0.15) is 0 Å². The molecule has 0 fully saturated rings. The first-order valence-electron chi connectivity index (χ1n) is 4.80. The summed E-state index contributed by atoms with van der Waals surface area (Å²) in [4.78, 5) is 26.9. The molecular formula is C10H16N2O5. The molecule has 0 unspecified atom stereocenters. The number of amidine groups is 1. The number of carbonyl (C=O) groups excluding carboxylic acids is 2. The topological polar surface area (TPSA) is 100 Å². The zero-order valence-electron chi connectivity index (χ0n) is 10.2. The summed E-state index contributed by atoms with van der Waals surface area (Å²) in [5, 5.41) is 3.50. The number of hydrogen-bond acceptors (Lipinski definition) is 6. The summed E-state index contributed by atoms with van der Waals surface area (Å²) in [5.41, 5.74) is 5.50. The smallest absolute Gasteiger partial charge is 0.377 e. The largest absolute Gasteiger partial charge is 0.466 e. The van der Waals surface area contributed by atoms with Crippen LogP contribution in [0.25, 0.3) is 0 Å². The van der Waals surface area contributed by atoms with Gasteiger partial charge in [0.15, 0.2) is 0 Å². The second-order valence-electron chi connectivity index (χ2n) is 3.29. The molecule has 0 aromatic rings. The Balaban J connectivity index is 4.85. The Hall–Kier alpha value is -2.05. The van der Waals surface area contributed by atoms with E-state index in [1.807, 2.05) is 0 Å². The van der Waals surface area contributed by atoms with E-state index in [0.717, 1.165) is 13.2 Å². The van der Waals surface area contributed by atoms with Gasteiger partial charge in [0.1, 0.15) is 5.84 Å². The Kier molecular flexibility index (Phi) is 6.39. The Morgan fingerprint density at radius 2 is 1.82 bits per heavy atom. The summed E-state index contributed by atoms with van der Waals surface area (Å²) in [5.74, 6) is -1.88. The van der Waals surface area contributed by atoms with Crippen LogP contribution < -0.4 is 5.73 Å². The molecule has 7 nitrogen and oxygen atoms in total. The highest BCUT2D eigenvalue weighted by atomic mass is 16.7. The zero-order chi connectivity index (χ0) is 13.4. The lowest BCUT2D eigenvalue weighted by atomic mass is 10.2. The van der Waals surface area contributed by atoms with Crippen molar-refractivity contribution in [1.29, 1.82) is 0 Å². The van der Waals surface area contributed by atoms with Gasteiger partial charge in [-0.1, -0.05) is 19.0 Å². The Labute approximate surface area is 99.2 Å². The van der Waals surface area contributed by atoms with Crippen molar-refractivity contribution in [3.05, 3.63) is 11.8 Å². The fourth-order valence-corrected chi connectivity index (χ4v) is 0.596. The van der Waals surface area contributed by atoms with Crippen molar-refractivity contribution in [2.45, 2.75) is 13.8 Å². The zero-order valence-corrected chi connectivity index (χ0v) is 10.2. The quantitative estimate of drug-likeness (QED) is 0.185. The maximum atomic E-state index is 11.2. The number of rotatable bonds is 5. The van der Waals surface area contributed by atoms with Gasteiger partial charge >= 0.3 is 11.9 Å². The predicted molar refractivity (Wildman–Crippen MR) is 59.7 cm³/mol. The van der Waals surface area contributed by atoms with E-state index >= 15 is 0 Å². The number of methoxy groups -OCH3 is 2. The molecule has 0 rings (SSSR count). The molecule has 0 radical (unpaired) electrons. The fraction of sp³-hybridized carbons (Fsp3) is 0.500. The van der Waals surface area contributed by atoms with E-state index in [1.165, 1.54) is 7.11 Å². The van der Waals surface area contributed by atoms with Gasteiger partial charge in [-0.25, -0.2) is 9.59 Å². The lowest BCUT2D eigenvalue weighted by Crippen LogP contribution is -2.20. The first-order chi connectivity index (χ1) is 7.92. The Morgan fingerprint density at radius 1 is 1.24 bits per heavy atom. The Bertz CT molecular complexity index is 347. The van der Waals surface area contributed by atoms with Crippen LogP contribution in [0.2, 0.25) is 0 Å². The highest BCUT2D eigenvalue weighted by Crippen LogP contribution is 2.03. The van der Waals surface area contributed by atoms with Gasteiger partial charge in [0.05, 0.1) is 20.3 Å². The summed E-state index contributed by atoms with van der Waals surface area (Å²) in [7, 11) is 2.31. The molecule has 0 saturated carbocycles. The average Bonchev–Trinajstić information content (AvgIpc) is 2.32. The van der Waals surface area contributed by atoms with Crippen LogP contribution in [0.5, 0.6) is 0 Å². The molecule has 0 aromatic heterocycles. The number of carbonyl (C=O) groups is 2. The second-order valence-corrected chi connectivity index (χ2v) is 3.29. The van der Waals surface area contributed by atoms with E-state index in [-0.39, 0.29) is 11.8 Å². The van der Waals surface area contributed by atoms with Crippen molar-refractivity contribution in [1.82, 2.24) is 0 Å². The molecule has 0 spiro atoms. The summed E-state index contributed by atoms with van der Waals surface area (Å²) in [6.45, 7) is 3.59. The fourth-order valence-electron chi connectivity index (χ4n) is 0.596. The molecule has 0 atom stereocenters. The maximum Gasteiger partial charge on any atom is 0.377 e. The molecule has 0 heterocycles. The van der Waals surface area contributed by atoms with Crippen molar-refractivity contribution < 1.29 is 23.9 Å². The minimum Gasteiger partial charge on any atom is -0.466 e. The third-order valence-electron chi connectivity index (χ3n) is 1.68. The predicted octanol–water partition coefficient (Wildman–Crippen LogP) is 0.161. The van der Waals surface area contributed by atoms with Gasteiger partial charge in [0.2, 0.25) is 5.76 Å². The molecule has 0 aliphatic rings. The maximum absolute atomic E-state index is 11.2. The van der Waals surface area contributed by atoms with Crippen LogP contribution in [0.4, 0.5) is 0 Å². The molecular weight excluding hydrogens is 228 g/mol. The van der Waals surface area contributed by atoms with Gasteiger partial charge in [0, 0.05) is 5.92 Å². The van der Waals surface area contributed by atoms with Gasteiger partial charge in [-0.15, -0.1) is 0 Å². The third-order valence-corrected chi connectivity index (χ3v) is 1.68. The molecule has 17 heavy (non-hydrogen) atoms. The van der Waals surface area contributed by atoms with Crippen molar-refractivity contribution in [2.75, 3.05) is 14.2 Å². The molecule has 7 heteroatoms. The van der Waals surface area contributed by atoms with Crippen LogP contribution in [-0.2, 0) is 23.9 Å². The molecule has 0 aliphatic carbocycles. The summed E-state index contributed by atoms with van der Waals surface area (Å²) in [6.07, 6.45) is 0.822. The van der Waals surface area contributed by atoms with E-state index < -0.39 is 17.7 Å². The van der Waals surface area contributed by atoms with Crippen LogP contribution >= 0.6 is 0 Å². The monoisotopic (exact) mass is 244 g/mol. The minimum absolute atomic E-state index is 0.0491. The van der Waals surface area contributed by atoms with Crippen molar-refractivity contribution >= 4 is 17.8 Å². The van der Waals surface area contributed by atoms with Crippen molar-refractivity contribution in [2.24, 2.45) is 16.8 Å². The molecule has 0 amide bonds. The van der Waals surface area contributed by atoms with Crippen LogP contribution in [0.1, 0.15) is 13.8 Å². The molecule has 0 bridgehead atoms. The number of nitrogens with two attached hydrogens (primary N) is 1. The lowest BCUT2D eigenvalue weighted by molar-refractivity contribution is -0.142. The van der Waals surface area contributed by atoms with Gasteiger partial charge in [-0.05, 0) is 0 Å². The Morgan fingerprint density at radius 3 is 2.24 bits per heavy atom. The molecule has 0 saturated heterocycles. The summed E-state index contributed by atoms with van der Waals surface area (Å²) in [6, 6.07) is 0. The standard InChI is InChI=1S/C10H16N2O5/c1-6(2)9(11)12-17-7(10(14)16-4)5-8(13)15-3/h5-6H,1-4H3,(H2,11,12)/b7-5+. The minimum atomic E-state index is -0.851. The van der Waals surface area contributed by atoms with Crippen molar-refractivity contribution in [3.63, 3.8) is 0 Å². The molecule has 2 N–H and O–H groups in total. The number of hydrogen-bond donors (Lipinski definition) is 1. The number of ether oxygens (including phenoxy) is 2. The van der Waals surface area contributed by atoms with Crippen LogP contribution in [0.3, 0.4) is 0 Å². The van der Waals surface area contributed by atoms with Gasteiger partial charge in [-0.3, -0.25) is 0 Å². The normalized spacial score (nSPS) is 12.3. The first kappa shape index (κ1) is 14.9. The van der Waals surface area contributed by atoms with Crippen LogP contribution in [-0.4, -0.2) is 32.0 Å². The summed E-state index contributed by atoms with van der Waals surface area (Å²) >= 11 is 0. The highest BCUT2D eigenvalue weighted by molar-refractivity contribution is 5.94. The van der Waals surface area contributed by atoms with E-state index in [0.29, 0.717) is 0 Å². The van der Waals surface area contributed by atoms with Gasteiger partial charge in [0.25, 0.3) is 0 Å². The molecule has 0 aromatic carbocycles. The van der Waals surface area contributed by atoms with E-state index in [4.69, 9.17) is 10.6 Å². The summed E-state index contributed by atoms with van der Waals surface area (Å²) < 4.78 is 8.75. The van der Waals surface area contributed by atoms with E-state index in [1.54, 1.807) is 13.8 Å². The molecule has 96 valence electrons. The number of esters is 2.